The van der Waals surface area contributed by atoms with Crippen molar-refractivity contribution in [3.05, 3.63) is 23.9 Å². The monoisotopic (exact) mass is 177 g/mol. The quantitative estimate of drug-likeness (QED) is 0.742. The second kappa shape index (κ2) is 3.75. The fourth-order valence-electron chi connectivity index (χ4n) is 1.46. The van der Waals surface area contributed by atoms with Crippen LogP contribution in [0.4, 0.5) is 5.82 Å². The number of hydrogen-bond acceptors (Lipinski definition) is 3. The average molecular weight is 177 g/mol. The van der Waals surface area contributed by atoms with E-state index in [1.165, 1.54) is 12.0 Å². The Balaban J connectivity index is 2.04. The third-order valence-corrected chi connectivity index (χ3v) is 2.42. The first-order chi connectivity index (χ1) is 6.40. The van der Waals surface area contributed by atoms with Gasteiger partial charge in [0.1, 0.15) is 5.82 Å². The maximum atomic E-state index is 5.46. The van der Waals surface area contributed by atoms with Crippen LogP contribution in [0.25, 0.3) is 0 Å². The molecule has 0 unspecified atom stereocenters. The molecule has 0 bridgehead atoms. The van der Waals surface area contributed by atoms with Crippen LogP contribution in [-0.2, 0) is 6.42 Å². The molecule has 0 amide bonds. The lowest BCUT2D eigenvalue weighted by Crippen LogP contribution is -2.37. The Morgan fingerprint density at radius 2 is 2.23 bits per heavy atom. The third kappa shape index (κ3) is 1.80. The summed E-state index contributed by atoms with van der Waals surface area (Å²) in [5.41, 5.74) is 6.69. The molecule has 0 atom stereocenters. The molecule has 1 saturated heterocycles. The van der Waals surface area contributed by atoms with Crippen LogP contribution in [0.1, 0.15) is 12.0 Å². The Morgan fingerprint density at radius 3 is 2.69 bits per heavy atom. The van der Waals surface area contributed by atoms with Crippen molar-refractivity contribution in [2.24, 2.45) is 5.73 Å². The van der Waals surface area contributed by atoms with E-state index in [-0.39, 0.29) is 0 Å². The van der Waals surface area contributed by atoms with Crippen LogP contribution in [-0.4, -0.2) is 24.6 Å². The lowest BCUT2D eigenvalue weighted by Gasteiger charge is -2.31. The minimum absolute atomic E-state index is 0.699. The minimum atomic E-state index is 0.699. The van der Waals surface area contributed by atoms with Crippen LogP contribution in [0.2, 0.25) is 0 Å². The van der Waals surface area contributed by atoms with Crippen molar-refractivity contribution >= 4 is 5.82 Å². The van der Waals surface area contributed by atoms with E-state index in [1.54, 1.807) is 0 Å². The second-order valence-electron chi connectivity index (χ2n) is 3.40. The maximum absolute atomic E-state index is 5.46. The molecule has 1 fully saturated rings. The summed E-state index contributed by atoms with van der Waals surface area (Å²) >= 11 is 0. The molecule has 3 heteroatoms. The number of rotatable bonds is 3. The van der Waals surface area contributed by atoms with E-state index in [4.69, 9.17) is 5.73 Å². The van der Waals surface area contributed by atoms with Gasteiger partial charge in [0.05, 0.1) is 0 Å². The van der Waals surface area contributed by atoms with Crippen molar-refractivity contribution in [3.8, 4) is 0 Å². The molecule has 0 saturated carbocycles. The van der Waals surface area contributed by atoms with Crippen LogP contribution >= 0.6 is 0 Å². The normalized spacial score (nSPS) is 15.6. The SMILES string of the molecule is NCCc1ccc(N2CCC2)nc1. The predicted octanol–water partition coefficient (Wildman–Crippen LogP) is 0.793. The highest BCUT2D eigenvalue weighted by molar-refractivity contribution is 5.41. The predicted molar refractivity (Wildman–Crippen MR) is 53.8 cm³/mol. The molecular formula is C10H15N3. The Bertz CT molecular complexity index is 264. The molecule has 0 aromatic carbocycles. The van der Waals surface area contributed by atoms with Crippen LogP contribution < -0.4 is 10.6 Å². The standard InChI is InChI=1S/C10H15N3/c11-5-4-9-2-3-10(12-8-9)13-6-1-7-13/h2-3,8H,1,4-7,11H2. The second-order valence-corrected chi connectivity index (χ2v) is 3.40. The largest absolute Gasteiger partial charge is 0.356 e. The van der Waals surface area contributed by atoms with Gasteiger partial charge in [0.25, 0.3) is 0 Å². The lowest BCUT2D eigenvalue weighted by molar-refractivity contribution is 0.609. The Hall–Kier alpha value is -1.09. The van der Waals surface area contributed by atoms with E-state index in [2.05, 4.69) is 22.0 Å². The van der Waals surface area contributed by atoms with Crippen molar-refractivity contribution in [2.45, 2.75) is 12.8 Å². The summed E-state index contributed by atoms with van der Waals surface area (Å²) in [5, 5.41) is 0. The molecule has 2 rings (SSSR count). The fraction of sp³-hybridized carbons (Fsp3) is 0.500. The molecule has 1 aromatic rings. The summed E-state index contributed by atoms with van der Waals surface area (Å²) in [6.07, 6.45) is 4.15. The van der Waals surface area contributed by atoms with Gasteiger partial charge >= 0.3 is 0 Å². The molecule has 2 N–H and O–H groups in total. The molecule has 70 valence electrons. The summed E-state index contributed by atoms with van der Waals surface area (Å²) in [5.74, 6) is 1.10. The zero-order valence-corrected chi connectivity index (χ0v) is 7.74. The number of nitrogens with zero attached hydrogens (tertiary/aromatic N) is 2. The van der Waals surface area contributed by atoms with E-state index in [0.29, 0.717) is 6.54 Å². The number of aromatic nitrogens is 1. The minimum Gasteiger partial charge on any atom is -0.356 e. The highest BCUT2D eigenvalue weighted by Crippen LogP contribution is 2.17. The maximum Gasteiger partial charge on any atom is 0.128 e. The highest BCUT2D eigenvalue weighted by Gasteiger charge is 2.14. The molecule has 3 nitrogen and oxygen atoms in total. The van der Waals surface area contributed by atoms with Gasteiger partial charge < -0.3 is 10.6 Å². The van der Waals surface area contributed by atoms with Gasteiger partial charge in [-0.1, -0.05) is 6.07 Å². The molecular weight excluding hydrogens is 162 g/mol. The van der Waals surface area contributed by atoms with Crippen molar-refractivity contribution in [1.82, 2.24) is 4.98 Å². The number of nitrogens with two attached hydrogens (primary N) is 1. The van der Waals surface area contributed by atoms with Gasteiger partial charge in [0, 0.05) is 19.3 Å². The number of pyridine rings is 1. The smallest absolute Gasteiger partial charge is 0.128 e. The molecule has 2 heterocycles. The van der Waals surface area contributed by atoms with E-state index in [9.17, 15) is 0 Å². The first-order valence-corrected chi connectivity index (χ1v) is 4.80. The van der Waals surface area contributed by atoms with E-state index in [1.807, 2.05) is 6.20 Å². The van der Waals surface area contributed by atoms with E-state index >= 15 is 0 Å². The lowest BCUT2D eigenvalue weighted by atomic mass is 10.2. The van der Waals surface area contributed by atoms with Crippen molar-refractivity contribution < 1.29 is 0 Å². The number of anilines is 1. The van der Waals surface area contributed by atoms with Crippen molar-refractivity contribution in [1.29, 1.82) is 0 Å². The first kappa shape index (κ1) is 8.51. The molecule has 1 aliphatic heterocycles. The Labute approximate surface area is 78.6 Å². The van der Waals surface area contributed by atoms with Gasteiger partial charge in [-0.15, -0.1) is 0 Å². The molecule has 0 spiro atoms. The topological polar surface area (TPSA) is 42.1 Å². The zero-order chi connectivity index (χ0) is 9.10. The summed E-state index contributed by atoms with van der Waals surface area (Å²) < 4.78 is 0. The van der Waals surface area contributed by atoms with Gasteiger partial charge in [-0.25, -0.2) is 4.98 Å². The summed E-state index contributed by atoms with van der Waals surface area (Å²) in [4.78, 5) is 6.67. The summed E-state index contributed by atoms with van der Waals surface area (Å²) in [6, 6.07) is 4.21. The molecule has 0 radical (unpaired) electrons. The molecule has 1 aliphatic rings. The Morgan fingerprint density at radius 1 is 1.38 bits per heavy atom. The van der Waals surface area contributed by atoms with Gasteiger partial charge in [-0.05, 0) is 31.0 Å². The van der Waals surface area contributed by atoms with Gasteiger partial charge in [-0.3, -0.25) is 0 Å². The zero-order valence-electron chi connectivity index (χ0n) is 7.74. The molecule has 0 aliphatic carbocycles. The first-order valence-electron chi connectivity index (χ1n) is 4.80. The van der Waals surface area contributed by atoms with E-state index in [0.717, 1.165) is 25.3 Å². The number of hydrogen-bond donors (Lipinski definition) is 1. The summed E-state index contributed by atoms with van der Waals surface area (Å²) in [7, 11) is 0. The fourth-order valence-corrected chi connectivity index (χ4v) is 1.46. The van der Waals surface area contributed by atoms with E-state index < -0.39 is 0 Å². The van der Waals surface area contributed by atoms with Crippen molar-refractivity contribution in [3.63, 3.8) is 0 Å². The van der Waals surface area contributed by atoms with Crippen molar-refractivity contribution in [2.75, 3.05) is 24.5 Å². The third-order valence-electron chi connectivity index (χ3n) is 2.42. The van der Waals surface area contributed by atoms with Gasteiger partial charge in [0.2, 0.25) is 0 Å². The summed E-state index contributed by atoms with van der Waals surface area (Å²) in [6.45, 7) is 3.01. The van der Waals surface area contributed by atoms with Crippen LogP contribution in [0.3, 0.4) is 0 Å². The molecule has 1 aromatic heterocycles. The van der Waals surface area contributed by atoms with Crippen LogP contribution in [0.15, 0.2) is 18.3 Å². The molecule has 13 heavy (non-hydrogen) atoms. The average Bonchev–Trinajstić information content (AvgIpc) is 2.06. The van der Waals surface area contributed by atoms with Crippen LogP contribution in [0.5, 0.6) is 0 Å². The highest BCUT2D eigenvalue weighted by atomic mass is 15.2. The van der Waals surface area contributed by atoms with Crippen LogP contribution in [0, 0.1) is 0 Å². The Kier molecular flexibility index (Phi) is 2.45. The van der Waals surface area contributed by atoms with Gasteiger partial charge in [0.15, 0.2) is 0 Å². The van der Waals surface area contributed by atoms with Gasteiger partial charge in [-0.2, -0.15) is 0 Å².